The molecular weight excluding hydrogens is 198 g/mol. The van der Waals surface area contributed by atoms with E-state index in [0.717, 1.165) is 19.5 Å². The molecule has 0 amide bonds. The normalized spacial score (nSPS) is 28.1. The molecule has 0 bridgehead atoms. The summed E-state index contributed by atoms with van der Waals surface area (Å²) in [5.41, 5.74) is 1.02. The summed E-state index contributed by atoms with van der Waals surface area (Å²) in [6.07, 6.45) is 0.404. The van der Waals surface area contributed by atoms with Crippen LogP contribution >= 0.6 is 11.6 Å². The van der Waals surface area contributed by atoms with E-state index in [0.29, 0.717) is 0 Å². The average molecular weight is 212 g/mol. The van der Waals surface area contributed by atoms with Gasteiger partial charge < -0.3 is 5.11 Å². The molecule has 1 heterocycles. The van der Waals surface area contributed by atoms with Crippen molar-refractivity contribution in [2.75, 3.05) is 6.54 Å². The quantitative estimate of drug-likeness (QED) is 0.596. The van der Waals surface area contributed by atoms with E-state index >= 15 is 0 Å². The first-order valence-electron chi connectivity index (χ1n) is 4.87. The monoisotopic (exact) mass is 211 g/mol. The lowest BCUT2D eigenvalue weighted by Gasteiger charge is -2.20. The topological polar surface area (TPSA) is 23.5 Å². The Morgan fingerprint density at radius 3 is 2.64 bits per heavy atom. The number of aliphatic hydroxyl groups is 1. The molecule has 1 saturated heterocycles. The van der Waals surface area contributed by atoms with Crippen molar-refractivity contribution in [3.05, 3.63) is 35.9 Å². The van der Waals surface area contributed by atoms with Crippen LogP contribution in [0.3, 0.4) is 0 Å². The van der Waals surface area contributed by atoms with E-state index in [1.54, 1.807) is 0 Å². The minimum absolute atomic E-state index is 0.227. The highest BCUT2D eigenvalue weighted by Crippen LogP contribution is 2.23. The summed E-state index contributed by atoms with van der Waals surface area (Å²) < 4.78 is 0. The van der Waals surface area contributed by atoms with Crippen molar-refractivity contribution in [3.63, 3.8) is 0 Å². The van der Waals surface area contributed by atoms with Gasteiger partial charge in [0.1, 0.15) is 5.50 Å². The van der Waals surface area contributed by atoms with E-state index in [2.05, 4.69) is 17.0 Å². The predicted molar refractivity (Wildman–Crippen MR) is 57.1 cm³/mol. The lowest BCUT2D eigenvalue weighted by Crippen LogP contribution is -2.29. The summed E-state index contributed by atoms with van der Waals surface area (Å²) in [5.74, 6) is 0. The van der Waals surface area contributed by atoms with Gasteiger partial charge in [-0.2, -0.15) is 0 Å². The minimum Gasteiger partial charge on any atom is -0.390 e. The second-order valence-electron chi connectivity index (χ2n) is 3.68. The van der Waals surface area contributed by atoms with Gasteiger partial charge in [0, 0.05) is 13.1 Å². The molecule has 0 spiro atoms. The SMILES string of the molecule is OC1CCN(Cc2ccccc2)C1Cl. The molecule has 76 valence electrons. The number of benzene rings is 1. The molecular formula is C11H14ClNO. The highest BCUT2D eigenvalue weighted by atomic mass is 35.5. The maximum Gasteiger partial charge on any atom is 0.112 e. The highest BCUT2D eigenvalue weighted by Gasteiger charge is 2.30. The highest BCUT2D eigenvalue weighted by molar-refractivity contribution is 6.20. The van der Waals surface area contributed by atoms with Crippen LogP contribution < -0.4 is 0 Å². The molecule has 1 aliphatic rings. The fraction of sp³-hybridized carbons (Fsp3) is 0.455. The maximum absolute atomic E-state index is 9.47. The average Bonchev–Trinajstić information content (AvgIpc) is 2.52. The second kappa shape index (κ2) is 4.30. The van der Waals surface area contributed by atoms with Crippen LogP contribution in [0.1, 0.15) is 12.0 Å². The molecule has 3 heteroatoms. The van der Waals surface area contributed by atoms with Crippen molar-refractivity contribution in [2.24, 2.45) is 0 Å². The number of hydrogen-bond donors (Lipinski definition) is 1. The van der Waals surface area contributed by atoms with Crippen LogP contribution in [-0.2, 0) is 6.54 Å². The summed E-state index contributed by atoms with van der Waals surface area (Å²) in [7, 11) is 0. The molecule has 0 aromatic heterocycles. The van der Waals surface area contributed by atoms with Crippen LogP contribution in [0.5, 0.6) is 0 Å². The zero-order chi connectivity index (χ0) is 9.97. The van der Waals surface area contributed by atoms with Crippen LogP contribution in [0.4, 0.5) is 0 Å². The van der Waals surface area contributed by atoms with E-state index in [1.807, 2.05) is 18.2 Å². The van der Waals surface area contributed by atoms with Crippen molar-refractivity contribution < 1.29 is 5.11 Å². The number of hydrogen-bond acceptors (Lipinski definition) is 2. The van der Waals surface area contributed by atoms with Crippen LogP contribution in [-0.4, -0.2) is 28.2 Å². The fourth-order valence-electron chi connectivity index (χ4n) is 1.79. The first kappa shape index (κ1) is 9.97. The lowest BCUT2D eigenvalue weighted by atomic mass is 10.2. The van der Waals surface area contributed by atoms with Gasteiger partial charge in [0.15, 0.2) is 0 Å². The Morgan fingerprint density at radius 1 is 1.36 bits per heavy atom. The summed E-state index contributed by atoms with van der Waals surface area (Å²) >= 11 is 6.05. The van der Waals surface area contributed by atoms with Gasteiger partial charge in [-0.3, -0.25) is 4.90 Å². The van der Waals surface area contributed by atoms with Gasteiger partial charge in [0.2, 0.25) is 0 Å². The fourth-order valence-corrected chi connectivity index (χ4v) is 2.08. The Balaban J connectivity index is 1.99. The molecule has 1 N–H and O–H groups in total. The number of aliphatic hydroxyl groups excluding tert-OH is 1. The molecule has 1 fully saturated rings. The van der Waals surface area contributed by atoms with E-state index < -0.39 is 0 Å². The minimum atomic E-state index is -0.375. The third-order valence-electron chi connectivity index (χ3n) is 2.61. The molecule has 2 atom stereocenters. The van der Waals surface area contributed by atoms with Gasteiger partial charge in [-0.15, -0.1) is 11.6 Å². The molecule has 0 saturated carbocycles. The molecule has 2 rings (SSSR count). The summed E-state index contributed by atoms with van der Waals surface area (Å²) in [6, 6.07) is 10.2. The zero-order valence-corrected chi connectivity index (χ0v) is 8.69. The standard InChI is InChI=1S/C11H14ClNO/c12-11-10(14)6-7-13(11)8-9-4-2-1-3-5-9/h1-5,10-11,14H,6-8H2. The Labute approximate surface area is 89.1 Å². The van der Waals surface area contributed by atoms with Gasteiger partial charge in [0.05, 0.1) is 6.10 Å². The van der Waals surface area contributed by atoms with Gasteiger partial charge in [0.25, 0.3) is 0 Å². The van der Waals surface area contributed by atoms with Gasteiger partial charge in [-0.05, 0) is 12.0 Å². The Morgan fingerprint density at radius 2 is 2.07 bits per heavy atom. The number of halogens is 1. The first-order chi connectivity index (χ1) is 6.77. The number of alkyl halides is 1. The van der Waals surface area contributed by atoms with Crippen LogP contribution in [0.25, 0.3) is 0 Å². The van der Waals surface area contributed by atoms with Crippen LogP contribution in [0.15, 0.2) is 30.3 Å². The van der Waals surface area contributed by atoms with Gasteiger partial charge >= 0.3 is 0 Å². The van der Waals surface area contributed by atoms with Crippen molar-refractivity contribution in [1.29, 1.82) is 0 Å². The first-order valence-corrected chi connectivity index (χ1v) is 5.31. The maximum atomic E-state index is 9.47. The third-order valence-corrected chi connectivity index (χ3v) is 3.17. The molecule has 1 aromatic rings. The molecule has 2 unspecified atom stereocenters. The van der Waals surface area contributed by atoms with E-state index in [-0.39, 0.29) is 11.6 Å². The lowest BCUT2D eigenvalue weighted by molar-refractivity contribution is 0.155. The van der Waals surface area contributed by atoms with Crippen molar-refractivity contribution in [3.8, 4) is 0 Å². The molecule has 2 nitrogen and oxygen atoms in total. The van der Waals surface area contributed by atoms with Gasteiger partial charge in [-0.1, -0.05) is 30.3 Å². The van der Waals surface area contributed by atoms with Crippen LogP contribution in [0, 0.1) is 0 Å². The number of rotatable bonds is 2. The molecule has 0 radical (unpaired) electrons. The van der Waals surface area contributed by atoms with Gasteiger partial charge in [-0.25, -0.2) is 0 Å². The summed E-state index contributed by atoms with van der Waals surface area (Å²) in [5, 5.41) is 9.47. The van der Waals surface area contributed by atoms with E-state index in [1.165, 1.54) is 5.56 Å². The molecule has 1 aromatic carbocycles. The van der Waals surface area contributed by atoms with Crippen LogP contribution in [0.2, 0.25) is 0 Å². The summed E-state index contributed by atoms with van der Waals surface area (Å²) in [4.78, 5) is 2.10. The Bertz CT molecular complexity index is 291. The second-order valence-corrected chi connectivity index (χ2v) is 4.13. The largest absolute Gasteiger partial charge is 0.390 e. The predicted octanol–water partition coefficient (Wildman–Crippen LogP) is 1.82. The number of likely N-dealkylation sites (tertiary alicyclic amines) is 1. The Hall–Kier alpha value is -0.570. The van der Waals surface area contributed by atoms with Crippen molar-refractivity contribution in [1.82, 2.24) is 4.90 Å². The van der Waals surface area contributed by atoms with E-state index in [9.17, 15) is 5.11 Å². The molecule has 0 aliphatic carbocycles. The summed E-state index contributed by atoms with van der Waals surface area (Å²) in [6.45, 7) is 1.70. The molecule has 14 heavy (non-hydrogen) atoms. The number of nitrogens with zero attached hydrogens (tertiary/aromatic N) is 1. The zero-order valence-electron chi connectivity index (χ0n) is 7.94. The third kappa shape index (κ3) is 2.08. The van der Waals surface area contributed by atoms with Crippen molar-refractivity contribution >= 4 is 11.6 Å². The smallest absolute Gasteiger partial charge is 0.112 e. The Kier molecular flexibility index (Phi) is 3.06. The van der Waals surface area contributed by atoms with Crippen molar-refractivity contribution in [2.45, 2.75) is 24.6 Å². The van der Waals surface area contributed by atoms with E-state index in [4.69, 9.17) is 11.6 Å². The molecule has 1 aliphatic heterocycles.